The SMILES string of the molecule is CC/C=C/C(C)NC(C(=O)O)C(C)O. The summed E-state index contributed by atoms with van der Waals surface area (Å²) in [6, 6.07) is -0.961. The van der Waals surface area contributed by atoms with E-state index in [4.69, 9.17) is 5.11 Å². The molecule has 0 aliphatic carbocycles. The minimum atomic E-state index is -1.03. The quantitative estimate of drug-likeness (QED) is 0.555. The van der Waals surface area contributed by atoms with Crippen LogP contribution in [0.1, 0.15) is 27.2 Å². The molecule has 0 heterocycles. The van der Waals surface area contributed by atoms with E-state index < -0.39 is 18.1 Å². The number of rotatable bonds is 6. The Morgan fingerprint density at radius 3 is 2.43 bits per heavy atom. The lowest BCUT2D eigenvalue weighted by atomic mass is 10.1. The maximum absolute atomic E-state index is 10.7. The van der Waals surface area contributed by atoms with Gasteiger partial charge in [0.2, 0.25) is 0 Å². The molecule has 0 bridgehead atoms. The third-order valence-electron chi connectivity index (χ3n) is 1.85. The van der Waals surface area contributed by atoms with Crippen LogP contribution in [0.3, 0.4) is 0 Å². The van der Waals surface area contributed by atoms with Gasteiger partial charge >= 0.3 is 5.97 Å². The standard InChI is InChI=1S/C10H19NO3/c1-4-5-6-7(2)11-9(8(3)12)10(13)14/h5-9,11-12H,4H2,1-3H3,(H,13,14)/b6-5+. The fourth-order valence-corrected chi connectivity index (χ4v) is 1.10. The maximum Gasteiger partial charge on any atom is 0.323 e. The molecule has 0 radical (unpaired) electrons. The van der Waals surface area contributed by atoms with Crippen LogP contribution >= 0.6 is 0 Å². The van der Waals surface area contributed by atoms with Crippen molar-refractivity contribution in [1.29, 1.82) is 0 Å². The zero-order chi connectivity index (χ0) is 11.1. The molecular weight excluding hydrogens is 182 g/mol. The fraction of sp³-hybridized carbons (Fsp3) is 0.700. The normalized spacial score (nSPS) is 18.0. The summed E-state index contributed by atoms with van der Waals surface area (Å²) in [5, 5.41) is 20.8. The molecular formula is C10H19NO3. The van der Waals surface area contributed by atoms with Gasteiger partial charge in [-0.25, -0.2) is 0 Å². The Labute approximate surface area is 84.6 Å². The minimum Gasteiger partial charge on any atom is -0.480 e. The van der Waals surface area contributed by atoms with Crippen molar-refractivity contribution in [3.8, 4) is 0 Å². The summed E-state index contributed by atoms with van der Waals surface area (Å²) >= 11 is 0. The van der Waals surface area contributed by atoms with E-state index in [1.807, 2.05) is 26.0 Å². The highest BCUT2D eigenvalue weighted by atomic mass is 16.4. The molecule has 0 fully saturated rings. The number of aliphatic hydroxyl groups excluding tert-OH is 1. The van der Waals surface area contributed by atoms with Crippen molar-refractivity contribution < 1.29 is 15.0 Å². The number of aliphatic hydroxyl groups is 1. The van der Waals surface area contributed by atoms with Crippen LogP contribution in [0.25, 0.3) is 0 Å². The van der Waals surface area contributed by atoms with Gasteiger partial charge in [0.25, 0.3) is 0 Å². The monoisotopic (exact) mass is 201 g/mol. The number of nitrogens with one attached hydrogen (secondary N) is 1. The second-order valence-corrected chi connectivity index (χ2v) is 3.35. The molecule has 4 heteroatoms. The number of carbonyl (C=O) groups is 1. The van der Waals surface area contributed by atoms with Crippen LogP contribution in [0.15, 0.2) is 12.2 Å². The van der Waals surface area contributed by atoms with Crippen molar-refractivity contribution in [2.24, 2.45) is 0 Å². The highest BCUT2D eigenvalue weighted by Gasteiger charge is 2.23. The summed E-state index contributed by atoms with van der Waals surface area (Å²) in [4.78, 5) is 10.7. The molecule has 0 aliphatic rings. The summed E-state index contributed by atoms with van der Waals surface area (Å²) in [6.45, 7) is 5.32. The number of allylic oxidation sites excluding steroid dienone is 1. The molecule has 14 heavy (non-hydrogen) atoms. The summed E-state index contributed by atoms with van der Waals surface area (Å²) in [5.41, 5.74) is 0. The molecule has 0 aromatic heterocycles. The van der Waals surface area contributed by atoms with Gasteiger partial charge in [0, 0.05) is 6.04 Å². The molecule has 3 unspecified atom stereocenters. The van der Waals surface area contributed by atoms with E-state index >= 15 is 0 Å². The van der Waals surface area contributed by atoms with E-state index in [1.165, 1.54) is 6.92 Å². The summed E-state index contributed by atoms with van der Waals surface area (Å²) in [6.07, 6.45) is 3.86. The Morgan fingerprint density at radius 2 is 2.07 bits per heavy atom. The molecule has 0 amide bonds. The third kappa shape index (κ3) is 4.99. The van der Waals surface area contributed by atoms with Gasteiger partial charge in [0.05, 0.1) is 6.10 Å². The van der Waals surface area contributed by atoms with E-state index in [-0.39, 0.29) is 6.04 Å². The van der Waals surface area contributed by atoms with Gasteiger partial charge in [-0.15, -0.1) is 0 Å². The average molecular weight is 201 g/mol. The summed E-state index contributed by atoms with van der Waals surface area (Å²) < 4.78 is 0. The Balaban J connectivity index is 4.16. The molecule has 0 rings (SSSR count). The van der Waals surface area contributed by atoms with Crippen molar-refractivity contribution in [2.75, 3.05) is 0 Å². The molecule has 0 saturated carbocycles. The van der Waals surface area contributed by atoms with Crippen LogP contribution in [0.5, 0.6) is 0 Å². The first-order valence-electron chi connectivity index (χ1n) is 4.82. The first-order chi connectivity index (χ1) is 6.49. The lowest BCUT2D eigenvalue weighted by Crippen LogP contribution is -2.48. The van der Waals surface area contributed by atoms with Gasteiger partial charge < -0.3 is 10.2 Å². The molecule has 4 nitrogen and oxygen atoms in total. The van der Waals surface area contributed by atoms with E-state index in [2.05, 4.69) is 5.32 Å². The first kappa shape index (κ1) is 13.1. The van der Waals surface area contributed by atoms with Gasteiger partial charge in [-0.1, -0.05) is 19.1 Å². The highest BCUT2D eigenvalue weighted by Crippen LogP contribution is 1.97. The zero-order valence-electron chi connectivity index (χ0n) is 8.90. The van der Waals surface area contributed by atoms with Crippen LogP contribution in [-0.2, 0) is 4.79 Å². The van der Waals surface area contributed by atoms with Gasteiger partial charge in [0.1, 0.15) is 6.04 Å². The third-order valence-corrected chi connectivity index (χ3v) is 1.85. The Hall–Kier alpha value is -0.870. The highest BCUT2D eigenvalue weighted by molar-refractivity contribution is 5.74. The minimum absolute atomic E-state index is 0.0503. The predicted octanol–water partition coefficient (Wildman–Crippen LogP) is 0.765. The Kier molecular flexibility index (Phi) is 6.16. The van der Waals surface area contributed by atoms with E-state index in [9.17, 15) is 9.90 Å². The van der Waals surface area contributed by atoms with Crippen LogP contribution in [0.2, 0.25) is 0 Å². The summed E-state index contributed by atoms with van der Waals surface area (Å²) in [5.74, 6) is -1.03. The second-order valence-electron chi connectivity index (χ2n) is 3.35. The molecule has 82 valence electrons. The van der Waals surface area contributed by atoms with Gasteiger partial charge in [-0.05, 0) is 20.3 Å². The molecule has 0 aliphatic heterocycles. The van der Waals surface area contributed by atoms with Crippen LogP contribution < -0.4 is 5.32 Å². The molecule has 3 atom stereocenters. The van der Waals surface area contributed by atoms with Crippen molar-refractivity contribution in [1.82, 2.24) is 5.32 Å². The van der Waals surface area contributed by atoms with E-state index in [0.717, 1.165) is 6.42 Å². The van der Waals surface area contributed by atoms with Crippen LogP contribution in [0, 0.1) is 0 Å². The molecule has 0 aromatic carbocycles. The number of hydrogen-bond donors (Lipinski definition) is 3. The van der Waals surface area contributed by atoms with Gasteiger partial charge in [-0.2, -0.15) is 0 Å². The smallest absolute Gasteiger partial charge is 0.323 e. The Bertz CT molecular complexity index is 202. The number of hydrogen-bond acceptors (Lipinski definition) is 3. The lowest BCUT2D eigenvalue weighted by molar-refractivity contribution is -0.142. The lowest BCUT2D eigenvalue weighted by Gasteiger charge is -2.20. The maximum atomic E-state index is 10.7. The van der Waals surface area contributed by atoms with Gasteiger partial charge in [-0.3, -0.25) is 10.1 Å². The molecule has 0 spiro atoms. The molecule has 0 saturated heterocycles. The number of carboxylic acids is 1. The van der Waals surface area contributed by atoms with Crippen LogP contribution in [-0.4, -0.2) is 34.4 Å². The fourth-order valence-electron chi connectivity index (χ4n) is 1.10. The molecule has 0 aromatic rings. The number of carboxylic acid groups (broad SMARTS) is 1. The van der Waals surface area contributed by atoms with Gasteiger partial charge in [0.15, 0.2) is 0 Å². The van der Waals surface area contributed by atoms with Crippen molar-refractivity contribution in [3.05, 3.63) is 12.2 Å². The predicted molar refractivity (Wildman–Crippen MR) is 55.1 cm³/mol. The van der Waals surface area contributed by atoms with Crippen LogP contribution in [0.4, 0.5) is 0 Å². The largest absolute Gasteiger partial charge is 0.480 e. The average Bonchev–Trinajstić information content (AvgIpc) is 2.09. The summed E-state index contributed by atoms with van der Waals surface area (Å²) in [7, 11) is 0. The topological polar surface area (TPSA) is 69.6 Å². The van der Waals surface area contributed by atoms with E-state index in [0.29, 0.717) is 0 Å². The second kappa shape index (κ2) is 6.56. The molecule has 3 N–H and O–H groups in total. The van der Waals surface area contributed by atoms with Crippen molar-refractivity contribution >= 4 is 5.97 Å². The van der Waals surface area contributed by atoms with Crippen molar-refractivity contribution in [2.45, 2.75) is 45.4 Å². The van der Waals surface area contributed by atoms with E-state index in [1.54, 1.807) is 0 Å². The first-order valence-corrected chi connectivity index (χ1v) is 4.82. The van der Waals surface area contributed by atoms with Crippen molar-refractivity contribution in [3.63, 3.8) is 0 Å². The zero-order valence-corrected chi connectivity index (χ0v) is 8.90. The number of aliphatic carboxylic acids is 1. The Morgan fingerprint density at radius 1 is 1.50 bits per heavy atom.